The van der Waals surface area contributed by atoms with Crippen molar-refractivity contribution < 1.29 is 9.21 Å². The zero-order valence-corrected chi connectivity index (χ0v) is 9.35. The fourth-order valence-corrected chi connectivity index (χ4v) is 1.89. The van der Waals surface area contributed by atoms with E-state index >= 15 is 0 Å². The van der Waals surface area contributed by atoms with Gasteiger partial charge in [-0.05, 0) is 24.6 Å². The van der Waals surface area contributed by atoms with Crippen LogP contribution in [0, 0.1) is 6.92 Å². The standard InChI is InChI=1S/C9H7ClN2O2S/c1-5-4-11-9(15-5)12-8(13)6-2-3-14-7(6)10/h2-4H,1H3,(H,11,12,13). The van der Waals surface area contributed by atoms with Crippen LogP contribution in [0.1, 0.15) is 15.2 Å². The maximum absolute atomic E-state index is 11.6. The van der Waals surface area contributed by atoms with Crippen molar-refractivity contribution in [3.8, 4) is 0 Å². The second kappa shape index (κ2) is 4.04. The molecule has 78 valence electrons. The van der Waals surface area contributed by atoms with E-state index in [9.17, 15) is 4.79 Å². The number of aromatic nitrogens is 1. The first kappa shape index (κ1) is 10.2. The number of nitrogens with zero attached hydrogens (tertiary/aromatic N) is 1. The number of aryl methyl sites for hydroxylation is 1. The van der Waals surface area contributed by atoms with Crippen molar-refractivity contribution in [2.75, 3.05) is 5.32 Å². The number of rotatable bonds is 2. The molecule has 0 bridgehead atoms. The van der Waals surface area contributed by atoms with Crippen molar-refractivity contribution in [2.24, 2.45) is 0 Å². The normalized spacial score (nSPS) is 10.3. The molecule has 15 heavy (non-hydrogen) atoms. The molecule has 0 aliphatic rings. The minimum Gasteiger partial charge on any atom is -0.452 e. The van der Waals surface area contributed by atoms with Gasteiger partial charge in [-0.2, -0.15) is 0 Å². The summed E-state index contributed by atoms with van der Waals surface area (Å²) < 4.78 is 4.82. The molecule has 1 N–H and O–H groups in total. The molecular weight excluding hydrogens is 236 g/mol. The number of carbonyl (C=O) groups excluding carboxylic acids is 1. The molecule has 6 heteroatoms. The highest BCUT2D eigenvalue weighted by Gasteiger charge is 2.14. The van der Waals surface area contributed by atoms with E-state index in [2.05, 4.69) is 10.3 Å². The number of anilines is 1. The van der Waals surface area contributed by atoms with Crippen LogP contribution in [0.25, 0.3) is 0 Å². The molecule has 2 heterocycles. The third-order valence-corrected chi connectivity index (χ3v) is 2.83. The van der Waals surface area contributed by atoms with Crippen molar-refractivity contribution in [3.63, 3.8) is 0 Å². The molecule has 2 aromatic rings. The molecule has 2 aromatic heterocycles. The van der Waals surface area contributed by atoms with E-state index in [4.69, 9.17) is 16.0 Å². The van der Waals surface area contributed by atoms with Gasteiger partial charge >= 0.3 is 0 Å². The van der Waals surface area contributed by atoms with Crippen LogP contribution in [0.3, 0.4) is 0 Å². The summed E-state index contributed by atoms with van der Waals surface area (Å²) in [5.74, 6) is -0.317. The zero-order valence-electron chi connectivity index (χ0n) is 7.78. The Kier molecular flexibility index (Phi) is 2.75. The van der Waals surface area contributed by atoms with E-state index in [1.165, 1.54) is 23.7 Å². The average Bonchev–Trinajstić information content (AvgIpc) is 2.75. The lowest BCUT2D eigenvalue weighted by Gasteiger charge is -1.97. The highest BCUT2D eigenvalue weighted by molar-refractivity contribution is 7.15. The average molecular weight is 243 g/mol. The van der Waals surface area contributed by atoms with E-state index < -0.39 is 0 Å². The molecule has 0 radical (unpaired) electrons. The quantitative estimate of drug-likeness (QED) is 0.881. The van der Waals surface area contributed by atoms with Crippen LogP contribution in [0.2, 0.25) is 5.22 Å². The van der Waals surface area contributed by atoms with Crippen molar-refractivity contribution in [2.45, 2.75) is 6.92 Å². The number of carbonyl (C=O) groups is 1. The van der Waals surface area contributed by atoms with Gasteiger partial charge in [0.25, 0.3) is 5.91 Å². The molecule has 0 atom stereocenters. The molecule has 0 saturated heterocycles. The lowest BCUT2D eigenvalue weighted by atomic mass is 10.3. The number of nitrogens with one attached hydrogen (secondary N) is 1. The number of thiazole rings is 1. The van der Waals surface area contributed by atoms with Crippen molar-refractivity contribution in [3.05, 3.63) is 34.2 Å². The number of furan rings is 1. The molecule has 0 aliphatic heterocycles. The molecule has 1 amide bonds. The molecule has 2 rings (SSSR count). The predicted molar refractivity (Wildman–Crippen MR) is 58.5 cm³/mol. The summed E-state index contributed by atoms with van der Waals surface area (Å²) in [6, 6.07) is 1.51. The summed E-state index contributed by atoms with van der Waals surface area (Å²) in [6.07, 6.45) is 3.06. The topological polar surface area (TPSA) is 55.1 Å². The van der Waals surface area contributed by atoms with Crippen LogP contribution in [0.5, 0.6) is 0 Å². The van der Waals surface area contributed by atoms with Crippen LogP contribution < -0.4 is 5.32 Å². The summed E-state index contributed by atoms with van der Waals surface area (Å²) in [6.45, 7) is 1.91. The third kappa shape index (κ3) is 2.19. The summed E-state index contributed by atoms with van der Waals surface area (Å²) in [5, 5.41) is 3.26. The highest BCUT2D eigenvalue weighted by atomic mass is 35.5. The largest absolute Gasteiger partial charge is 0.452 e. The van der Waals surface area contributed by atoms with E-state index in [1.54, 1.807) is 6.20 Å². The van der Waals surface area contributed by atoms with Gasteiger partial charge in [0.1, 0.15) is 0 Å². The maximum Gasteiger partial charge on any atom is 0.262 e. The predicted octanol–water partition coefficient (Wildman–Crippen LogP) is 2.95. The van der Waals surface area contributed by atoms with E-state index in [-0.39, 0.29) is 11.1 Å². The second-order valence-corrected chi connectivity index (χ2v) is 4.42. The van der Waals surface area contributed by atoms with Crippen LogP contribution in [0.4, 0.5) is 5.13 Å². The molecule has 0 saturated carbocycles. The number of hydrogen-bond donors (Lipinski definition) is 1. The van der Waals surface area contributed by atoms with Gasteiger partial charge in [0.05, 0.1) is 11.8 Å². The first-order valence-corrected chi connectivity index (χ1v) is 5.33. The lowest BCUT2D eigenvalue weighted by molar-refractivity contribution is 0.102. The summed E-state index contributed by atoms with van der Waals surface area (Å²) in [7, 11) is 0. The van der Waals surface area contributed by atoms with Crippen LogP contribution in [0.15, 0.2) is 22.9 Å². The first-order valence-electron chi connectivity index (χ1n) is 4.13. The van der Waals surface area contributed by atoms with Gasteiger partial charge in [-0.1, -0.05) is 0 Å². The Morgan fingerprint density at radius 1 is 1.67 bits per heavy atom. The Labute approximate surface area is 94.9 Å². The molecular formula is C9H7ClN2O2S. The van der Waals surface area contributed by atoms with Crippen LogP contribution in [-0.4, -0.2) is 10.9 Å². The van der Waals surface area contributed by atoms with E-state index in [0.29, 0.717) is 10.7 Å². The Hall–Kier alpha value is -1.33. The summed E-state index contributed by atoms with van der Waals surface area (Å²) in [4.78, 5) is 16.7. The maximum atomic E-state index is 11.6. The molecule has 0 aromatic carbocycles. The lowest BCUT2D eigenvalue weighted by Crippen LogP contribution is -2.10. The zero-order chi connectivity index (χ0) is 10.8. The molecule has 0 aliphatic carbocycles. The first-order chi connectivity index (χ1) is 7.16. The van der Waals surface area contributed by atoms with Crippen LogP contribution >= 0.6 is 22.9 Å². The Balaban J connectivity index is 2.14. The fraction of sp³-hybridized carbons (Fsp3) is 0.111. The van der Waals surface area contributed by atoms with Gasteiger partial charge in [0, 0.05) is 11.1 Å². The minimum atomic E-state index is -0.317. The summed E-state index contributed by atoms with van der Waals surface area (Å²) in [5.41, 5.74) is 0.310. The van der Waals surface area contributed by atoms with Gasteiger partial charge in [-0.15, -0.1) is 11.3 Å². The molecule has 4 nitrogen and oxygen atoms in total. The monoisotopic (exact) mass is 242 g/mol. The Bertz CT molecular complexity index is 492. The summed E-state index contributed by atoms with van der Waals surface area (Å²) >= 11 is 7.06. The van der Waals surface area contributed by atoms with Crippen molar-refractivity contribution in [1.82, 2.24) is 4.98 Å². The smallest absolute Gasteiger partial charge is 0.262 e. The van der Waals surface area contributed by atoms with Gasteiger partial charge in [0.15, 0.2) is 5.13 Å². The van der Waals surface area contributed by atoms with E-state index in [1.807, 2.05) is 6.92 Å². The third-order valence-electron chi connectivity index (χ3n) is 1.70. The van der Waals surface area contributed by atoms with Gasteiger partial charge < -0.3 is 4.42 Å². The minimum absolute atomic E-state index is 0.0841. The second-order valence-electron chi connectivity index (χ2n) is 2.84. The van der Waals surface area contributed by atoms with Gasteiger partial charge in [0.2, 0.25) is 5.22 Å². The number of halogens is 1. The van der Waals surface area contributed by atoms with Gasteiger partial charge in [-0.25, -0.2) is 4.98 Å². The molecule has 0 fully saturated rings. The Morgan fingerprint density at radius 2 is 2.47 bits per heavy atom. The van der Waals surface area contributed by atoms with Crippen LogP contribution in [-0.2, 0) is 0 Å². The Morgan fingerprint density at radius 3 is 3.00 bits per heavy atom. The van der Waals surface area contributed by atoms with Crippen molar-refractivity contribution >= 4 is 34.0 Å². The van der Waals surface area contributed by atoms with Gasteiger partial charge in [-0.3, -0.25) is 10.1 Å². The van der Waals surface area contributed by atoms with Crippen molar-refractivity contribution in [1.29, 1.82) is 0 Å². The molecule has 0 unspecified atom stereocenters. The fourth-order valence-electron chi connectivity index (χ4n) is 1.03. The number of amides is 1. The highest BCUT2D eigenvalue weighted by Crippen LogP contribution is 2.21. The number of hydrogen-bond acceptors (Lipinski definition) is 4. The SMILES string of the molecule is Cc1cnc(NC(=O)c2ccoc2Cl)s1. The molecule has 0 spiro atoms. The van der Waals surface area contributed by atoms with E-state index in [0.717, 1.165) is 4.88 Å².